The molecule has 0 aromatic heterocycles. The highest BCUT2D eigenvalue weighted by Gasteiger charge is 2.29. The summed E-state index contributed by atoms with van der Waals surface area (Å²) in [4.78, 5) is 16.1. The summed E-state index contributed by atoms with van der Waals surface area (Å²) in [6, 6.07) is 15.9. The molecular weight excluding hydrogens is 588 g/mol. The molecule has 0 spiro atoms. The number of aliphatic carboxylic acids is 1. The lowest BCUT2D eigenvalue weighted by Crippen LogP contribution is -2.44. The molecule has 0 bridgehead atoms. The zero-order valence-electron chi connectivity index (χ0n) is 26.6. The monoisotopic (exact) mass is 632 g/mol. The maximum Gasteiger partial charge on any atom is 0.320 e. The number of methoxy groups -OCH3 is 1. The van der Waals surface area contributed by atoms with Crippen LogP contribution in [0.3, 0.4) is 0 Å². The number of ether oxygens (including phenoxy) is 2. The van der Waals surface area contributed by atoms with Gasteiger partial charge >= 0.3 is 5.97 Å². The number of nitrogens with zero attached hydrogens (tertiary/aromatic N) is 2. The number of β-amino-alcohol motifs (C(OH)–C–C–N with tert-alkyl or cyclic N) is 1. The molecule has 240 valence electrons. The molecule has 3 aromatic rings. The van der Waals surface area contributed by atoms with E-state index >= 15 is 0 Å². The van der Waals surface area contributed by atoms with Crippen molar-refractivity contribution in [3.63, 3.8) is 0 Å². The van der Waals surface area contributed by atoms with Gasteiger partial charge in [0.15, 0.2) is 0 Å². The number of aliphatic hydroxyl groups is 1. The number of halogens is 1. The Hall–Kier alpha value is -3.36. The van der Waals surface area contributed by atoms with Crippen LogP contribution in [0.1, 0.15) is 59.9 Å². The Morgan fingerprint density at radius 3 is 2.47 bits per heavy atom. The summed E-state index contributed by atoms with van der Waals surface area (Å²) < 4.78 is 11.9. The van der Waals surface area contributed by atoms with Crippen LogP contribution in [0.25, 0.3) is 23.3 Å². The number of piperidine rings is 1. The molecule has 45 heavy (non-hydrogen) atoms. The van der Waals surface area contributed by atoms with Crippen molar-refractivity contribution in [3.05, 3.63) is 81.4 Å². The average Bonchev–Trinajstić information content (AvgIpc) is 3.45. The Morgan fingerprint density at radius 2 is 1.73 bits per heavy atom. The molecule has 1 unspecified atom stereocenters. The van der Waals surface area contributed by atoms with Crippen LogP contribution in [0, 0.1) is 13.8 Å². The highest BCUT2D eigenvalue weighted by Crippen LogP contribution is 2.35. The van der Waals surface area contributed by atoms with E-state index in [0.29, 0.717) is 30.3 Å². The highest BCUT2D eigenvalue weighted by molar-refractivity contribution is 6.32. The predicted molar refractivity (Wildman–Crippen MR) is 181 cm³/mol. The Morgan fingerprint density at radius 1 is 0.978 bits per heavy atom. The number of aliphatic hydroxyl groups excluding tert-OH is 1. The van der Waals surface area contributed by atoms with Crippen molar-refractivity contribution in [3.8, 4) is 22.6 Å². The standard InChI is InChI=1S/C37H45ClN2O5/c1-25-27(14-15-28-22-36(44-3)29(21-33(28)38)23-40-18-5-4-12-34(40)37(42)43)9-6-10-31(25)32-11-7-13-35(26(32)2)45-20-8-17-39-19-16-30(41)24-39/h6-7,9-11,13-15,21-22,30,34,41H,4-5,8,12,16-20,23-24H2,1-3H3,(H,42,43)/b15-14+/t30-,34?/m1/s1. The van der Waals surface area contributed by atoms with Crippen LogP contribution in [0.5, 0.6) is 11.5 Å². The topological polar surface area (TPSA) is 82.5 Å². The second-order valence-corrected chi connectivity index (χ2v) is 12.6. The van der Waals surface area contributed by atoms with Gasteiger partial charge in [0, 0.05) is 36.8 Å². The van der Waals surface area contributed by atoms with E-state index in [1.54, 1.807) is 7.11 Å². The first kappa shape index (κ1) is 33.0. The highest BCUT2D eigenvalue weighted by atomic mass is 35.5. The van der Waals surface area contributed by atoms with E-state index in [9.17, 15) is 15.0 Å². The third-order valence-corrected chi connectivity index (χ3v) is 9.52. The van der Waals surface area contributed by atoms with Crippen molar-refractivity contribution in [1.29, 1.82) is 0 Å². The van der Waals surface area contributed by atoms with Crippen molar-refractivity contribution in [2.45, 2.75) is 64.6 Å². The number of hydrogen-bond acceptors (Lipinski definition) is 6. The lowest BCUT2D eigenvalue weighted by Gasteiger charge is -2.33. The summed E-state index contributed by atoms with van der Waals surface area (Å²) in [6.45, 7) is 8.76. The van der Waals surface area contributed by atoms with Gasteiger partial charge < -0.3 is 24.6 Å². The van der Waals surface area contributed by atoms with Crippen LogP contribution < -0.4 is 9.47 Å². The van der Waals surface area contributed by atoms with Crippen molar-refractivity contribution < 1.29 is 24.5 Å². The third kappa shape index (κ3) is 8.08. The average molecular weight is 633 g/mol. The predicted octanol–water partition coefficient (Wildman–Crippen LogP) is 7.08. The number of carbonyl (C=O) groups is 1. The number of rotatable bonds is 12. The molecule has 2 N–H and O–H groups in total. The largest absolute Gasteiger partial charge is 0.496 e. The fourth-order valence-corrected chi connectivity index (χ4v) is 6.83. The van der Waals surface area contributed by atoms with Gasteiger partial charge in [0.05, 0.1) is 19.8 Å². The number of hydrogen-bond donors (Lipinski definition) is 2. The van der Waals surface area contributed by atoms with E-state index in [1.807, 2.05) is 35.2 Å². The maximum absolute atomic E-state index is 11.8. The van der Waals surface area contributed by atoms with E-state index in [4.69, 9.17) is 21.1 Å². The molecule has 3 aromatic carbocycles. The Kier molecular flexibility index (Phi) is 11.2. The van der Waals surface area contributed by atoms with Gasteiger partial charge in [-0.3, -0.25) is 9.69 Å². The summed E-state index contributed by atoms with van der Waals surface area (Å²) >= 11 is 6.77. The van der Waals surface area contributed by atoms with Gasteiger partial charge in [0.25, 0.3) is 0 Å². The van der Waals surface area contributed by atoms with Crippen molar-refractivity contribution in [2.24, 2.45) is 0 Å². The summed E-state index contributed by atoms with van der Waals surface area (Å²) in [5.74, 6) is 0.818. The van der Waals surface area contributed by atoms with E-state index in [0.717, 1.165) is 96.6 Å². The van der Waals surface area contributed by atoms with Crippen molar-refractivity contribution in [1.82, 2.24) is 9.80 Å². The Labute approximate surface area is 272 Å². The molecule has 2 atom stereocenters. The molecule has 8 heteroatoms. The molecule has 0 saturated carbocycles. The van der Waals surface area contributed by atoms with Crippen LogP contribution >= 0.6 is 11.6 Å². The Bertz CT molecular complexity index is 1520. The normalized spacial score (nSPS) is 19.3. The molecule has 0 aliphatic carbocycles. The maximum atomic E-state index is 11.8. The van der Waals surface area contributed by atoms with Crippen LogP contribution in [-0.4, -0.2) is 78.0 Å². The Balaban J connectivity index is 1.30. The second-order valence-electron chi connectivity index (χ2n) is 12.2. The zero-order chi connectivity index (χ0) is 31.9. The number of carboxylic acid groups (broad SMARTS) is 1. The summed E-state index contributed by atoms with van der Waals surface area (Å²) in [6.07, 6.45) is 8.25. The molecule has 2 aliphatic rings. The number of benzene rings is 3. The van der Waals surface area contributed by atoms with Crippen molar-refractivity contribution in [2.75, 3.05) is 39.9 Å². The van der Waals surface area contributed by atoms with E-state index in [-0.39, 0.29) is 6.10 Å². The van der Waals surface area contributed by atoms with Gasteiger partial charge in [-0.15, -0.1) is 0 Å². The quantitative estimate of drug-likeness (QED) is 0.163. The molecule has 0 radical (unpaired) electrons. The van der Waals surface area contributed by atoms with Gasteiger partial charge in [-0.2, -0.15) is 0 Å². The van der Waals surface area contributed by atoms with Crippen LogP contribution in [0.4, 0.5) is 0 Å². The summed E-state index contributed by atoms with van der Waals surface area (Å²) in [5, 5.41) is 20.0. The van der Waals surface area contributed by atoms with Crippen molar-refractivity contribution >= 4 is 29.7 Å². The smallest absolute Gasteiger partial charge is 0.320 e. The zero-order valence-corrected chi connectivity index (χ0v) is 27.4. The van der Waals surface area contributed by atoms with E-state index in [1.165, 1.54) is 0 Å². The first-order chi connectivity index (χ1) is 21.7. The van der Waals surface area contributed by atoms with Gasteiger partial charge in [-0.1, -0.05) is 60.5 Å². The third-order valence-electron chi connectivity index (χ3n) is 9.19. The molecule has 7 nitrogen and oxygen atoms in total. The molecule has 2 saturated heterocycles. The lowest BCUT2D eigenvalue weighted by molar-refractivity contribution is -0.144. The van der Waals surface area contributed by atoms with Crippen LogP contribution in [-0.2, 0) is 11.3 Å². The minimum absolute atomic E-state index is 0.191. The second kappa shape index (κ2) is 15.3. The first-order valence-electron chi connectivity index (χ1n) is 16.0. The SMILES string of the molecule is COc1cc(/C=C/c2cccc(-c3cccc(OCCCN4CC[C@@H](O)C4)c3C)c2C)c(Cl)cc1CN1CCCCC1C(=O)O. The van der Waals surface area contributed by atoms with Gasteiger partial charge in [-0.25, -0.2) is 0 Å². The number of likely N-dealkylation sites (tertiary alicyclic amines) is 2. The van der Waals surface area contributed by atoms with E-state index < -0.39 is 12.0 Å². The fraction of sp³-hybridized carbons (Fsp3) is 0.432. The van der Waals surface area contributed by atoms with E-state index in [2.05, 4.69) is 49.1 Å². The molecule has 2 heterocycles. The molecule has 5 rings (SSSR count). The van der Waals surface area contributed by atoms with Gasteiger partial charge in [0.2, 0.25) is 0 Å². The first-order valence-corrected chi connectivity index (χ1v) is 16.4. The number of carboxylic acids is 1. The fourth-order valence-electron chi connectivity index (χ4n) is 6.58. The lowest BCUT2D eigenvalue weighted by atomic mass is 9.93. The van der Waals surface area contributed by atoms with Crippen LogP contribution in [0.15, 0.2) is 48.5 Å². The van der Waals surface area contributed by atoms with Gasteiger partial charge in [0.1, 0.15) is 17.5 Å². The molecular formula is C37H45ClN2O5. The minimum Gasteiger partial charge on any atom is -0.496 e. The summed E-state index contributed by atoms with van der Waals surface area (Å²) in [7, 11) is 1.64. The molecule has 0 amide bonds. The van der Waals surface area contributed by atoms with Gasteiger partial charge in [-0.05, 0) is 97.7 Å². The molecule has 2 aliphatic heterocycles. The molecule has 2 fully saturated rings. The summed E-state index contributed by atoms with van der Waals surface area (Å²) in [5.41, 5.74) is 7.38. The van der Waals surface area contributed by atoms with Crippen LogP contribution in [0.2, 0.25) is 5.02 Å². The minimum atomic E-state index is -0.776.